The molecule has 7 N–H and O–H groups in total. The van der Waals surface area contributed by atoms with Crippen LogP contribution in [0.4, 0.5) is 0 Å². The first-order valence-electron chi connectivity index (χ1n) is 38.4. The third kappa shape index (κ3) is 14.3. The first-order valence-corrected chi connectivity index (χ1v) is 41.1. The van der Waals surface area contributed by atoms with Gasteiger partial charge in [-0.1, -0.05) is 122 Å². The van der Waals surface area contributed by atoms with Crippen LogP contribution in [0.1, 0.15) is 270 Å². The van der Waals surface area contributed by atoms with Crippen LogP contribution in [0.25, 0.3) is 0 Å². The van der Waals surface area contributed by atoms with E-state index in [0.29, 0.717) is 118 Å². The molecule has 0 aliphatic heterocycles. The van der Waals surface area contributed by atoms with E-state index in [1.165, 1.54) is 44.9 Å². The third-order valence-electron chi connectivity index (χ3n) is 32.8. The van der Waals surface area contributed by atoms with Gasteiger partial charge in [-0.2, -0.15) is 8.42 Å². The van der Waals surface area contributed by atoms with Gasteiger partial charge in [-0.05, 0) is 304 Å². The molecule has 0 saturated heterocycles. The van der Waals surface area contributed by atoms with E-state index in [-0.39, 0.29) is 119 Å². The van der Waals surface area contributed by atoms with Crippen molar-refractivity contribution in [2.45, 2.75) is 306 Å². The van der Waals surface area contributed by atoms with Gasteiger partial charge < -0.3 is 35.2 Å². The molecule has 0 aromatic rings. The molecule has 9 unspecified atom stereocenters. The molecule has 0 radical (unpaired) electrons. The summed E-state index contributed by atoms with van der Waals surface area (Å²) in [7, 11) is -9.02. The van der Waals surface area contributed by atoms with Crippen LogP contribution in [0.5, 0.6) is 0 Å². The van der Waals surface area contributed by atoms with Crippen molar-refractivity contribution in [1.29, 1.82) is 0 Å². The Balaban J connectivity index is 0.000000164. The molecule has 0 heterocycles. The van der Waals surface area contributed by atoms with E-state index in [1.807, 2.05) is 0 Å². The van der Waals surface area contributed by atoms with Crippen LogP contribution in [0.2, 0.25) is 0 Å². The molecule has 0 amide bonds. The Hall–Kier alpha value is 0.500. The minimum absolute atomic E-state index is 0. The van der Waals surface area contributed by atoms with E-state index in [0.717, 1.165) is 134 Å². The minimum atomic E-state index is -4.64. The molecule has 17 heteroatoms. The number of hydrogen-bond donors (Lipinski definition) is 7. The van der Waals surface area contributed by atoms with Crippen molar-refractivity contribution in [3.05, 3.63) is 0 Å². The quantitative estimate of drug-likeness (QED) is 0.0431. The molecule has 0 bridgehead atoms. The van der Waals surface area contributed by atoms with Gasteiger partial charge in [-0.25, -0.2) is 12.6 Å². The summed E-state index contributed by atoms with van der Waals surface area (Å²) in [6.45, 7) is 30.7. The molecular weight excluding hydrogens is 1220 g/mol. The van der Waals surface area contributed by atoms with Crippen LogP contribution in [-0.4, -0.2) is 106 Å². The van der Waals surface area contributed by atoms with Gasteiger partial charge in [0.05, 0.1) is 49.8 Å². The van der Waals surface area contributed by atoms with E-state index in [9.17, 15) is 52.0 Å². The average Bonchev–Trinajstić information content (AvgIpc) is 1.71. The summed E-state index contributed by atoms with van der Waals surface area (Å²) in [6.07, 6.45) is 28.5. The molecule has 0 aromatic carbocycles. The fraction of sp³-hybridized carbons (Fsp3) is 1.00. The van der Waals surface area contributed by atoms with E-state index in [4.69, 9.17) is 4.55 Å². The Labute approximate surface area is 587 Å². The SMILES string of the molecule is CCC[C@@H](C)[C@H]1CCC2C3C(CC[C@@]21C)[C@@]1(C)CC[C@@H](O)C[C@H]1[C@@H](CC)[C@H]3O.CC[C@H]1[C@@H](O)C2C3CC[C@H]([C@H](C)CCOS(=O)(=O)O)[C@@]3(C)CCC2[C@@]2(C)CC[C@@H](O)C[C@@H]12.CC[C@H]1[C@@H](O)C2C3CC[C@H]([C@H](C)CCOS(=O)(=O)[O-])[C@@]3(C)CCC2[C@@]2(C)CC[C@@H](O)C[C@@H]12.[Na+]. The molecule has 12 saturated carbocycles. The van der Waals surface area contributed by atoms with Crippen LogP contribution in [0, 0.1) is 157 Å². The molecule has 12 rings (SSSR count). The van der Waals surface area contributed by atoms with E-state index < -0.39 is 20.8 Å². The smallest absolute Gasteiger partial charge is 0.726 e. The maximum atomic E-state index is 11.7. The number of aliphatic hydroxyl groups excluding tert-OH is 6. The Kier molecular flexibility index (Phi) is 24.8. The summed E-state index contributed by atoms with van der Waals surface area (Å²) < 4.78 is 72.3. The largest absolute Gasteiger partial charge is 1.00 e. The molecule has 0 spiro atoms. The third-order valence-corrected chi connectivity index (χ3v) is 33.7. The minimum Gasteiger partial charge on any atom is -0.726 e. The van der Waals surface area contributed by atoms with Gasteiger partial charge in [-0.3, -0.25) is 8.74 Å². The summed E-state index contributed by atoms with van der Waals surface area (Å²) in [5.41, 5.74) is 1.46. The molecule has 93 heavy (non-hydrogen) atoms. The first kappa shape index (κ1) is 77.7. The Morgan fingerprint density at radius 3 is 0.935 bits per heavy atom. The second kappa shape index (κ2) is 29.7. The summed E-state index contributed by atoms with van der Waals surface area (Å²) in [4.78, 5) is 0. The molecule has 14 nitrogen and oxygen atoms in total. The molecule has 534 valence electrons. The fourth-order valence-corrected chi connectivity index (χ4v) is 29.1. The molecule has 0 aromatic heterocycles. The zero-order valence-corrected chi connectivity index (χ0v) is 64.2. The molecule has 33 atom stereocenters. The van der Waals surface area contributed by atoms with Crippen molar-refractivity contribution in [3.63, 3.8) is 0 Å². The number of fused-ring (bicyclic) bond motifs is 15. The van der Waals surface area contributed by atoms with Gasteiger partial charge in [0.2, 0.25) is 10.4 Å². The van der Waals surface area contributed by atoms with Crippen molar-refractivity contribution in [2.24, 2.45) is 157 Å². The van der Waals surface area contributed by atoms with Gasteiger partial charge in [0.25, 0.3) is 0 Å². The van der Waals surface area contributed by atoms with Gasteiger partial charge in [0, 0.05) is 0 Å². The zero-order valence-electron chi connectivity index (χ0n) is 60.6. The van der Waals surface area contributed by atoms with Gasteiger partial charge >= 0.3 is 40.0 Å². The standard InChI is InChI=1S/C26H46O2.2C25H44O6S.Na/c1-6-8-16(3)19-9-10-20-23-21(12-14-25(19,20)4)26(5)13-11-17(27)15-22(26)18(7-2)24(23)28;2*1-5-17-21-14-16(26)8-11-25(21,4)20-9-12-24(3)18(6-7-19(24)22(20)23(17)27)15(2)10-13-31-32(28,29)30;/h16-24,27-28H,6-15H2,1-5H3;2*15-23,26-27H,5-14H2,1-4H3,(H,28,29,30);/q;;;+1/p-1/t16-,17-,18-,19-,20?,21?,22+,23?,24-,25-,26-;2*15-,16-,17-,18-,19?,20?,21+,22?,23-,24-,25-;/m111./s1. The topological polar surface area (TPSA) is 251 Å². The van der Waals surface area contributed by atoms with Crippen LogP contribution in [0.15, 0.2) is 0 Å². The zero-order chi connectivity index (χ0) is 67.2. The van der Waals surface area contributed by atoms with Crippen LogP contribution in [-0.2, 0) is 29.2 Å². The Morgan fingerprint density at radius 2 is 0.667 bits per heavy atom. The number of hydrogen-bond acceptors (Lipinski definition) is 13. The monoisotopic (exact) mass is 1360 g/mol. The normalized spacial score (nSPS) is 50.6. The second-order valence-electron chi connectivity index (χ2n) is 36.1. The summed E-state index contributed by atoms with van der Waals surface area (Å²) in [5, 5.41) is 66.4. The molecular formula is C76H133NaO14S2. The van der Waals surface area contributed by atoms with Gasteiger partial charge in [0.15, 0.2) is 0 Å². The van der Waals surface area contributed by atoms with Crippen LogP contribution >= 0.6 is 0 Å². The Morgan fingerprint density at radius 1 is 0.398 bits per heavy atom. The van der Waals surface area contributed by atoms with Crippen molar-refractivity contribution < 1.29 is 94.5 Å². The van der Waals surface area contributed by atoms with Crippen molar-refractivity contribution in [3.8, 4) is 0 Å². The summed E-state index contributed by atoms with van der Waals surface area (Å²) >= 11 is 0. The Bertz CT molecular complexity index is 2580. The molecule has 12 fully saturated rings. The summed E-state index contributed by atoms with van der Waals surface area (Å²) in [5.74, 6) is 9.93. The van der Waals surface area contributed by atoms with E-state index >= 15 is 0 Å². The predicted molar refractivity (Wildman–Crippen MR) is 360 cm³/mol. The van der Waals surface area contributed by atoms with E-state index in [2.05, 4.69) is 98.4 Å². The number of rotatable bonds is 16. The van der Waals surface area contributed by atoms with Gasteiger partial charge in [-0.15, -0.1) is 0 Å². The molecule has 12 aliphatic carbocycles. The number of aliphatic hydroxyl groups is 6. The van der Waals surface area contributed by atoms with Crippen molar-refractivity contribution in [1.82, 2.24) is 0 Å². The second-order valence-corrected chi connectivity index (χ2v) is 38.3. The average molecular weight is 1360 g/mol. The van der Waals surface area contributed by atoms with Crippen LogP contribution < -0.4 is 29.6 Å². The maximum absolute atomic E-state index is 11.7. The van der Waals surface area contributed by atoms with E-state index in [1.54, 1.807) is 0 Å². The van der Waals surface area contributed by atoms with Crippen molar-refractivity contribution in [2.75, 3.05) is 13.2 Å². The summed E-state index contributed by atoms with van der Waals surface area (Å²) in [6, 6.07) is 0. The van der Waals surface area contributed by atoms with Gasteiger partial charge in [0.1, 0.15) is 0 Å². The molecule has 12 aliphatic rings. The maximum Gasteiger partial charge on any atom is 1.00 e. The fourth-order valence-electron chi connectivity index (χ4n) is 28.5. The predicted octanol–water partition coefficient (Wildman–Crippen LogP) is 11.6. The first-order chi connectivity index (χ1) is 43.1. The van der Waals surface area contributed by atoms with Crippen LogP contribution in [0.3, 0.4) is 0 Å². The van der Waals surface area contributed by atoms with Crippen molar-refractivity contribution >= 4 is 20.8 Å².